The van der Waals surface area contributed by atoms with Gasteiger partial charge in [0.05, 0.1) is 12.7 Å². The summed E-state index contributed by atoms with van der Waals surface area (Å²) in [5, 5.41) is 35.5. The van der Waals surface area contributed by atoms with Crippen molar-refractivity contribution < 1.29 is 39.0 Å². The molecule has 14 heteroatoms. The van der Waals surface area contributed by atoms with Gasteiger partial charge in [-0.25, -0.2) is 0 Å². The zero-order chi connectivity index (χ0) is 32.1. The Morgan fingerprint density at radius 3 is 1.64 bits per heavy atom. The molecule has 0 bridgehead atoms. The van der Waals surface area contributed by atoms with E-state index in [1.54, 1.807) is 6.92 Å². The fourth-order valence-electron chi connectivity index (χ4n) is 4.42. The third-order valence-corrected chi connectivity index (χ3v) is 7.02. The first-order chi connectivity index (χ1) is 19.6. The van der Waals surface area contributed by atoms with Crippen molar-refractivity contribution in [3.05, 3.63) is 0 Å². The molecule has 1 aliphatic heterocycles. The summed E-state index contributed by atoms with van der Waals surface area (Å²) in [7, 11) is 0. The molecular formula is C28H50N6O8. The summed E-state index contributed by atoms with van der Waals surface area (Å²) < 4.78 is 0. The second-order valence-corrected chi connectivity index (χ2v) is 11.8. The molecule has 1 aliphatic rings. The number of carbonyl (C=O) groups excluding carboxylic acids is 6. The van der Waals surface area contributed by atoms with Crippen molar-refractivity contribution in [2.75, 3.05) is 13.2 Å². The highest BCUT2D eigenvalue weighted by atomic mass is 16.3. The van der Waals surface area contributed by atoms with E-state index in [1.807, 2.05) is 34.6 Å². The van der Waals surface area contributed by atoms with E-state index >= 15 is 0 Å². The van der Waals surface area contributed by atoms with E-state index in [0.29, 0.717) is 6.42 Å². The summed E-state index contributed by atoms with van der Waals surface area (Å²) in [6, 6.07) is -6.14. The smallest absolute Gasteiger partial charge is 0.245 e. The van der Waals surface area contributed by atoms with Crippen LogP contribution in [0.15, 0.2) is 0 Å². The summed E-state index contributed by atoms with van der Waals surface area (Å²) in [5.74, 6) is -4.55. The number of rotatable bonds is 8. The lowest BCUT2D eigenvalue weighted by molar-refractivity contribution is -0.137. The van der Waals surface area contributed by atoms with E-state index in [9.17, 15) is 39.0 Å². The Morgan fingerprint density at radius 1 is 0.667 bits per heavy atom. The minimum absolute atomic E-state index is 0.0224. The summed E-state index contributed by atoms with van der Waals surface area (Å²) in [4.78, 5) is 78.4. The molecule has 14 nitrogen and oxygen atoms in total. The number of aliphatic hydroxyl groups is 2. The van der Waals surface area contributed by atoms with Crippen LogP contribution in [0.3, 0.4) is 0 Å². The predicted molar refractivity (Wildman–Crippen MR) is 154 cm³/mol. The number of amides is 6. The lowest BCUT2D eigenvalue weighted by Crippen LogP contribution is -2.62. The van der Waals surface area contributed by atoms with Crippen LogP contribution < -0.4 is 31.9 Å². The summed E-state index contributed by atoms with van der Waals surface area (Å²) in [6.45, 7) is 11.4. The van der Waals surface area contributed by atoms with Crippen molar-refractivity contribution in [2.45, 2.75) is 110 Å². The maximum atomic E-state index is 13.4. The number of nitrogens with one attached hydrogen (secondary N) is 6. The fourth-order valence-corrected chi connectivity index (χ4v) is 4.42. The maximum Gasteiger partial charge on any atom is 0.245 e. The molecule has 1 rings (SSSR count). The van der Waals surface area contributed by atoms with Gasteiger partial charge < -0.3 is 42.1 Å². The molecule has 0 spiro atoms. The lowest BCUT2D eigenvalue weighted by atomic mass is 9.96. The average Bonchev–Trinajstić information content (AvgIpc) is 2.90. The standard InChI is InChI=1S/C28H50N6O8/c1-8-16(6)22-27(41)29-10-9-21(37)30-18(11-14(2)3)24(38)32-20(13-35)26(40)34-23(17(7)36)28(42)31-19(12-15(4)5)25(39)33-22/h14-20,22-23,35-36H,8-13H2,1-7H3,(H,29,41)(H,30,37)(H,31,42)(H,32,38)(H,33,39)(H,34,40)/t16-,17+,18+,19+,20-,22-,23-/m0/s1. The largest absolute Gasteiger partial charge is 0.394 e. The van der Waals surface area contributed by atoms with E-state index in [4.69, 9.17) is 0 Å². The van der Waals surface area contributed by atoms with Crippen LogP contribution in [0, 0.1) is 17.8 Å². The summed E-state index contributed by atoms with van der Waals surface area (Å²) in [5.41, 5.74) is 0. The maximum absolute atomic E-state index is 13.4. The number of carbonyl (C=O) groups is 6. The van der Waals surface area contributed by atoms with E-state index in [-0.39, 0.29) is 43.6 Å². The van der Waals surface area contributed by atoms with Crippen molar-refractivity contribution >= 4 is 35.4 Å². The molecule has 0 aliphatic carbocycles. The molecule has 1 saturated heterocycles. The second kappa shape index (κ2) is 17.6. The predicted octanol–water partition coefficient (Wildman–Crippen LogP) is -1.56. The lowest BCUT2D eigenvalue weighted by Gasteiger charge is -2.29. The van der Waals surface area contributed by atoms with Crippen LogP contribution in [0.1, 0.15) is 74.1 Å². The molecule has 0 aromatic carbocycles. The van der Waals surface area contributed by atoms with Gasteiger partial charge in [-0.1, -0.05) is 48.0 Å². The van der Waals surface area contributed by atoms with Crippen LogP contribution in [0.5, 0.6) is 0 Å². The van der Waals surface area contributed by atoms with Crippen LogP contribution in [-0.4, -0.2) is 95.1 Å². The molecule has 240 valence electrons. The number of hydrogen-bond acceptors (Lipinski definition) is 8. The van der Waals surface area contributed by atoms with Crippen LogP contribution >= 0.6 is 0 Å². The Morgan fingerprint density at radius 2 is 1.14 bits per heavy atom. The molecule has 0 aromatic rings. The molecule has 0 radical (unpaired) electrons. The normalized spacial score (nSPS) is 27.4. The highest BCUT2D eigenvalue weighted by molar-refractivity contribution is 5.97. The molecular weight excluding hydrogens is 548 g/mol. The fraction of sp³-hybridized carbons (Fsp3) is 0.786. The molecule has 0 unspecified atom stereocenters. The van der Waals surface area contributed by atoms with Gasteiger partial charge in [0, 0.05) is 13.0 Å². The van der Waals surface area contributed by atoms with Crippen LogP contribution in [0.4, 0.5) is 0 Å². The Balaban J connectivity index is 3.48. The Bertz CT molecular complexity index is 957. The van der Waals surface area contributed by atoms with Gasteiger partial charge in [0.25, 0.3) is 0 Å². The molecule has 0 saturated carbocycles. The molecule has 0 aromatic heterocycles. The number of aliphatic hydroxyl groups excluding tert-OH is 2. The molecule has 6 amide bonds. The zero-order valence-corrected chi connectivity index (χ0v) is 25.8. The Hall–Kier alpha value is -3.26. The first kappa shape index (κ1) is 36.8. The zero-order valence-electron chi connectivity index (χ0n) is 25.8. The minimum Gasteiger partial charge on any atom is -0.394 e. The average molecular weight is 599 g/mol. The van der Waals surface area contributed by atoms with Crippen molar-refractivity contribution in [1.29, 1.82) is 0 Å². The summed E-state index contributed by atoms with van der Waals surface area (Å²) >= 11 is 0. The monoisotopic (exact) mass is 598 g/mol. The molecule has 1 fully saturated rings. The molecule has 1 heterocycles. The molecule has 8 N–H and O–H groups in total. The SMILES string of the molecule is CC[C@H](C)[C@@H]1NC(=O)[C@@H](CC(C)C)NC(=O)[C@H]([C@@H](C)O)NC(=O)[C@H](CO)NC(=O)[C@@H](CC(C)C)NC(=O)CCNC1=O. The van der Waals surface area contributed by atoms with Gasteiger partial charge in [-0.2, -0.15) is 0 Å². The second-order valence-electron chi connectivity index (χ2n) is 11.8. The van der Waals surface area contributed by atoms with Gasteiger partial charge in [-0.15, -0.1) is 0 Å². The van der Waals surface area contributed by atoms with Crippen molar-refractivity contribution in [2.24, 2.45) is 17.8 Å². The third kappa shape index (κ3) is 11.9. The van der Waals surface area contributed by atoms with Crippen molar-refractivity contribution in [3.8, 4) is 0 Å². The van der Waals surface area contributed by atoms with E-state index in [2.05, 4.69) is 31.9 Å². The van der Waals surface area contributed by atoms with Gasteiger partial charge in [-0.3, -0.25) is 28.8 Å². The first-order valence-electron chi connectivity index (χ1n) is 14.7. The van der Waals surface area contributed by atoms with Gasteiger partial charge in [0.2, 0.25) is 35.4 Å². The number of hydrogen-bond donors (Lipinski definition) is 8. The Kier molecular flexibility index (Phi) is 15.4. The minimum atomic E-state index is -1.53. The van der Waals surface area contributed by atoms with Gasteiger partial charge >= 0.3 is 0 Å². The van der Waals surface area contributed by atoms with E-state index in [0.717, 1.165) is 0 Å². The van der Waals surface area contributed by atoms with E-state index in [1.165, 1.54) is 6.92 Å². The summed E-state index contributed by atoms with van der Waals surface area (Å²) in [6.07, 6.45) is -0.594. The molecule has 7 atom stereocenters. The van der Waals surface area contributed by atoms with Crippen molar-refractivity contribution in [1.82, 2.24) is 31.9 Å². The Labute approximate surface area is 247 Å². The van der Waals surface area contributed by atoms with Crippen LogP contribution in [-0.2, 0) is 28.8 Å². The first-order valence-corrected chi connectivity index (χ1v) is 14.7. The quantitative estimate of drug-likeness (QED) is 0.163. The third-order valence-electron chi connectivity index (χ3n) is 7.02. The van der Waals surface area contributed by atoms with Gasteiger partial charge in [0.15, 0.2) is 0 Å². The highest BCUT2D eigenvalue weighted by Gasteiger charge is 2.35. The van der Waals surface area contributed by atoms with E-state index < -0.39 is 78.4 Å². The van der Waals surface area contributed by atoms with Crippen LogP contribution in [0.25, 0.3) is 0 Å². The molecule has 42 heavy (non-hydrogen) atoms. The van der Waals surface area contributed by atoms with Crippen LogP contribution in [0.2, 0.25) is 0 Å². The van der Waals surface area contributed by atoms with Gasteiger partial charge in [0.1, 0.15) is 30.2 Å². The van der Waals surface area contributed by atoms with Crippen molar-refractivity contribution in [3.63, 3.8) is 0 Å². The van der Waals surface area contributed by atoms with Gasteiger partial charge in [-0.05, 0) is 37.5 Å². The highest BCUT2D eigenvalue weighted by Crippen LogP contribution is 2.12. The topological polar surface area (TPSA) is 215 Å².